The SMILES string of the molecule is C[C@H]1Sc2ccccc2N1I. The van der Waals surface area contributed by atoms with E-state index < -0.39 is 0 Å². The molecule has 0 bridgehead atoms. The summed E-state index contributed by atoms with van der Waals surface area (Å²) in [5, 5.41) is 0.577. The first kappa shape index (κ1) is 7.73. The number of halogens is 1. The average Bonchev–Trinajstić information content (AvgIpc) is 2.30. The molecule has 0 unspecified atom stereocenters. The Hall–Kier alpha value is 0.1000. The molecule has 1 aromatic rings. The summed E-state index contributed by atoms with van der Waals surface area (Å²) < 4.78 is 2.28. The van der Waals surface area contributed by atoms with E-state index in [0.717, 1.165) is 0 Å². The van der Waals surface area contributed by atoms with Gasteiger partial charge >= 0.3 is 0 Å². The highest BCUT2D eigenvalue weighted by molar-refractivity contribution is 14.1. The molecule has 3 heteroatoms. The maximum atomic E-state index is 2.36. The van der Waals surface area contributed by atoms with Crippen LogP contribution in [0.15, 0.2) is 29.2 Å². The van der Waals surface area contributed by atoms with Crippen LogP contribution in [0.4, 0.5) is 5.69 Å². The van der Waals surface area contributed by atoms with Gasteiger partial charge in [0.2, 0.25) is 0 Å². The summed E-state index contributed by atoms with van der Waals surface area (Å²) in [6, 6.07) is 8.52. The normalized spacial score (nSPS) is 22.0. The van der Waals surface area contributed by atoms with Crippen molar-refractivity contribution in [3.63, 3.8) is 0 Å². The molecule has 1 aromatic carbocycles. The maximum Gasteiger partial charge on any atom is 0.0864 e. The standard InChI is InChI=1S/C8H8INS/c1-6-10(9)7-4-2-3-5-8(7)11-6/h2-6H,1H3/t6-/m1/s1. The molecule has 0 aliphatic carbocycles. The first-order valence-electron chi connectivity index (χ1n) is 3.50. The highest BCUT2D eigenvalue weighted by Gasteiger charge is 2.23. The summed E-state index contributed by atoms with van der Waals surface area (Å²) in [4.78, 5) is 1.40. The van der Waals surface area contributed by atoms with Gasteiger partial charge in [-0.1, -0.05) is 23.9 Å². The lowest BCUT2D eigenvalue weighted by molar-refractivity contribution is 1.08. The van der Waals surface area contributed by atoms with Gasteiger partial charge in [-0.15, -0.1) is 0 Å². The second kappa shape index (κ2) is 2.86. The van der Waals surface area contributed by atoms with Crippen molar-refractivity contribution in [1.29, 1.82) is 0 Å². The van der Waals surface area contributed by atoms with Crippen molar-refractivity contribution in [3.8, 4) is 0 Å². The lowest BCUT2D eigenvalue weighted by Crippen LogP contribution is -2.12. The van der Waals surface area contributed by atoms with Gasteiger partial charge in [-0.2, -0.15) is 0 Å². The van der Waals surface area contributed by atoms with E-state index >= 15 is 0 Å². The van der Waals surface area contributed by atoms with Crippen molar-refractivity contribution in [2.24, 2.45) is 0 Å². The van der Waals surface area contributed by atoms with Crippen LogP contribution < -0.4 is 3.11 Å². The number of thioether (sulfide) groups is 1. The van der Waals surface area contributed by atoms with Crippen molar-refractivity contribution in [2.45, 2.75) is 17.2 Å². The van der Waals surface area contributed by atoms with Crippen molar-refractivity contribution < 1.29 is 0 Å². The first-order valence-corrected chi connectivity index (χ1v) is 5.34. The molecule has 58 valence electrons. The molecule has 1 aliphatic rings. The Labute approximate surface area is 84.7 Å². The van der Waals surface area contributed by atoms with Gasteiger partial charge in [0.05, 0.1) is 33.9 Å². The largest absolute Gasteiger partial charge is 0.301 e. The zero-order valence-corrected chi connectivity index (χ0v) is 9.09. The van der Waals surface area contributed by atoms with Gasteiger partial charge in [0.25, 0.3) is 0 Å². The van der Waals surface area contributed by atoms with E-state index in [2.05, 4.69) is 57.2 Å². The summed E-state index contributed by atoms with van der Waals surface area (Å²) in [5.41, 5.74) is 1.35. The molecule has 1 aliphatic heterocycles. The third-order valence-electron chi connectivity index (χ3n) is 1.71. The second-order valence-corrected chi connectivity index (χ2v) is 4.89. The molecule has 0 amide bonds. The topological polar surface area (TPSA) is 3.24 Å². The Morgan fingerprint density at radius 2 is 2.18 bits per heavy atom. The van der Waals surface area contributed by atoms with Crippen LogP contribution in [0.1, 0.15) is 6.92 Å². The number of hydrogen-bond donors (Lipinski definition) is 0. The molecule has 0 spiro atoms. The molecule has 1 nitrogen and oxygen atoms in total. The van der Waals surface area contributed by atoms with Gasteiger partial charge in [-0.05, 0) is 19.1 Å². The minimum absolute atomic E-state index is 0.577. The molecule has 11 heavy (non-hydrogen) atoms. The van der Waals surface area contributed by atoms with Gasteiger partial charge in [0, 0.05) is 4.90 Å². The van der Waals surface area contributed by atoms with Crippen molar-refractivity contribution in [2.75, 3.05) is 3.11 Å². The van der Waals surface area contributed by atoms with Gasteiger partial charge < -0.3 is 3.11 Å². The van der Waals surface area contributed by atoms with Gasteiger partial charge in [0.15, 0.2) is 0 Å². The fourth-order valence-electron chi connectivity index (χ4n) is 1.16. The number of benzene rings is 1. The average molecular weight is 277 g/mol. The van der Waals surface area contributed by atoms with Crippen LogP contribution in [0.3, 0.4) is 0 Å². The molecule has 0 saturated carbocycles. The van der Waals surface area contributed by atoms with Crippen molar-refractivity contribution in [1.82, 2.24) is 0 Å². The number of hydrogen-bond acceptors (Lipinski definition) is 2. The quantitative estimate of drug-likeness (QED) is 0.529. The van der Waals surface area contributed by atoms with E-state index in [1.54, 1.807) is 0 Å². The number of para-hydroxylation sites is 1. The summed E-state index contributed by atoms with van der Waals surface area (Å²) in [6.45, 7) is 2.22. The zero-order chi connectivity index (χ0) is 7.84. The minimum Gasteiger partial charge on any atom is -0.301 e. The van der Waals surface area contributed by atoms with E-state index in [0.29, 0.717) is 5.37 Å². The monoisotopic (exact) mass is 277 g/mol. The molecule has 1 heterocycles. The van der Waals surface area contributed by atoms with Crippen molar-refractivity contribution in [3.05, 3.63) is 24.3 Å². The molecule has 0 fully saturated rings. The van der Waals surface area contributed by atoms with Crippen LogP contribution in [0, 0.1) is 0 Å². The third-order valence-corrected chi connectivity index (χ3v) is 4.60. The van der Waals surface area contributed by atoms with Crippen LogP contribution in [-0.4, -0.2) is 5.37 Å². The Bertz CT molecular complexity index is 277. The predicted molar refractivity (Wildman–Crippen MR) is 58.3 cm³/mol. The molecule has 1 atom stereocenters. The van der Waals surface area contributed by atoms with Crippen LogP contribution in [-0.2, 0) is 0 Å². The Kier molecular flexibility index (Phi) is 2.01. The maximum absolute atomic E-state index is 2.36. The smallest absolute Gasteiger partial charge is 0.0864 e. The number of nitrogens with zero attached hydrogens (tertiary/aromatic N) is 1. The van der Waals surface area contributed by atoms with Crippen LogP contribution in [0.5, 0.6) is 0 Å². The van der Waals surface area contributed by atoms with E-state index in [1.807, 2.05) is 11.8 Å². The highest BCUT2D eigenvalue weighted by atomic mass is 127. The van der Waals surface area contributed by atoms with E-state index in [1.165, 1.54) is 10.6 Å². The summed E-state index contributed by atoms with van der Waals surface area (Å²) in [5.74, 6) is 0. The second-order valence-electron chi connectivity index (χ2n) is 2.50. The van der Waals surface area contributed by atoms with Gasteiger partial charge in [-0.25, -0.2) is 0 Å². The van der Waals surface area contributed by atoms with Gasteiger partial charge in [-0.3, -0.25) is 0 Å². The minimum atomic E-state index is 0.577. The number of anilines is 1. The lowest BCUT2D eigenvalue weighted by atomic mass is 10.3. The molecular formula is C8H8INS. The number of fused-ring (bicyclic) bond motifs is 1. The molecular weight excluding hydrogens is 269 g/mol. The van der Waals surface area contributed by atoms with Crippen molar-refractivity contribution >= 4 is 40.3 Å². The highest BCUT2D eigenvalue weighted by Crippen LogP contribution is 2.44. The predicted octanol–water partition coefficient (Wildman–Crippen LogP) is 3.29. The number of rotatable bonds is 0. The van der Waals surface area contributed by atoms with Crippen LogP contribution in [0.25, 0.3) is 0 Å². The molecule has 0 aromatic heterocycles. The van der Waals surface area contributed by atoms with E-state index in [-0.39, 0.29) is 0 Å². The fourth-order valence-corrected chi connectivity index (χ4v) is 3.10. The fraction of sp³-hybridized carbons (Fsp3) is 0.250. The first-order chi connectivity index (χ1) is 5.29. The molecule has 0 saturated heterocycles. The third kappa shape index (κ3) is 1.24. The van der Waals surface area contributed by atoms with Crippen LogP contribution >= 0.6 is 34.6 Å². The summed E-state index contributed by atoms with van der Waals surface area (Å²) in [7, 11) is 0. The van der Waals surface area contributed by atoms with E-state index in [4.69, 9.17) is 0 Å². The zero-order valence-electron chi connectivity index (χ0n) is 6.12. The Balaban J connectivity index is 2.47. The molecule has 0 radical (unpaired) electrons. The Morgan fingerprint density at radius 1 is 1.45 bits per heavy atom. The Morgan fingerprint density at radius 3 is 2.91 bits per heavy atom. The lowest BCUT2D eigenvalue weighted by Gasteiger charge is -2.13. The van der Waals surface area contributed by atoms with Gasteiger partial charge in [0.1, 0.15) is 0 Å². The molecule has 0 N–H and O–H groups in total. The molecule has 2 rings (SSSR count). The summed E-state index contributed by atoms with van der Waals surface area (Å²) >= 11 is 4.28. The van der Waals surface area contributed by atoms with Crippen LogP contribution in [0.2, 0.25) is 0 Å². The van der Waals surface area contributed by atoms with E-state index in [9.17, 15) is 0 Å². The summed E-state index contributed by atoms with van der Waals surface area (Å²) in [6.07, 6.45) is 0.